The molecule has 3 aromatic rings. The molecule has 0 amide bonds. The summed E-state index contributed by atoms with van der Waals surface area (Å²) < 4.78 is 36.5. The summed E-state index contributed by atoms with van der Waals surface area (Å²) in [4.78, 5) is 20.7. The van der Waals surface area contributed by atoms with E-state index >= 15 is 0 Å². The second-order valence-corrected chi connectivity index (χ2v) is 12.5. The van der Waals surface area contributed by atoms with Crippen molar-refractivity contribution in [3.8, 4) is 11.4 Å². The van der Waals surface area contributed by atoms with E-state index in [1.165, 1.54) is 0 Å². The zero-order chi connectivity index (χ0) is 26.0. The molecule has 0 spiro atoms. The fourth-order valence-corrected chi connectivity index (χ4v) is 7.02. The van der Waals surface area contributed by atoms with Gasteiger partial charge >= 0.3 is 5.97 Å². The predicted octanol–water partition coefficient (Wildman–Crippen LogP) is 2.85. The maximum Gasteiger partial charge on any atom is 0.320 e. The van der Waals surface area contributed by atoms with E-state index in [1.54, 1.807) is 0 Å². The van der Waals surface area contributed by atoms with Gasteiger partial charge in [0.25, 0.3) is 0 Å². The fraction of sp³-hybridized carbons (Fsp3) is 0.560. The number of benzene rings is 1. The third kappa shape index (κ3) is 6.17. The minimum absolute atomic E-state index is 0.190. The van der Waals surface area contributed by atoms with E-state index in [1.807, 2.05) is 31.3 Å². The van der Waals surface area contributed by atoms with E-state index in [4.69, 9.17) is 20.9 Å². The molecule has 0 unspecified atom stereocenters. The van der Waals surface area contributed by atoms with Gasteiger partial charge in [0.05, 0.1) is 41.7 Å². The number of ether oxygens (including phenoxy) is 1. The van der Waals surface area contributed by atoms with Gasteiger partial charge in [-0.25, -0.2) is 8.42 Å². The molecule has 2 aliphatic heterocycles. The van der Waals surface area contributed by atoms with Gasteiger partial charge in [-0.05, 0) is 31.7 Å². The largest absolute Gasteiger partial charge is 0.465 e. The van der Waals surface area contributed by atoms with Gasteiger partial charge in [0.1, 0.15) is 9.84 Å². The monoisotopic (exact) mass is 549 g/mol. The summed E-state index contributed by atoms with van der Waals surface area (Å²) in [5.41, 5.74) is 1.74. The smallest absolute Gasteiger partial charge is 0.320 e. The number of piperazine rings is 1. The van der Waals surface area contributed by atoms with Crippen LogP contribution in [0.3, 0.4) is 0 Å². The lowest BCUT2D eigenvalue weighted by atomic mass is 10.0. The lowest BCUT2D eigenvalue weighted by molar-refractivity contribution is -0.144. The molecule has 4 heterocycles. The number of nitrogens with zero attached hydrogens (tertiary/aromatic N) is 5. The van der Waals surface area contributed by atoms with E-state index in [9.17, 15) is 13.2 Å². The highest BCUT2D eigenvalue weighted by molar-refractivity contribution is 7.91. The van der Waals surface area contributed by atoms with Crippen molar-refractivity contribution in [2.45, 2.75) is 32.9 Å². The van der Waals surface area contributed by atoms with Crippen LogP contribution in [0.15, 0.2) is 28.9 Å². The highest BCUT2D eigenvalue weighted by Crippen LogP contribution is 2.35. The van der Waals surface area contributed by atoms with Gasteiger partial charge in [-0.1, -0.05) is 28.9 Å². The first-order chi connectivity index (χ1) is 17.8. The molecule has 0 atom stereocenters. The first kappa shape index (κ1) is 26.1. The molecule has 37 heavy (non-hydrogen) atoms. The standard InChI is InChI=1S/C25H32ClN5O5S/c1-2-35-23(32)17-30-10-8-29(9-11-30)16-22-27-25(28-36-22)20-15-31(24-19(20)4-3-5-21(24)26)14-18-6-12-37(33,34)13-7-18/h3-5,15,18H,2,6-14,16-17H2,1H3. The van der Waals surface area contributed by atoms with Gasteiger partial charge in [0.15, 0.2) is 0 Å². The molecule has 1 aromatic carbocycles. The van der Waals surface area contributed by atoms with Crippen molar-refractivity contribution < 1.29 is 22.5 Å². The van der Waals surface area contributed by atoms with Crippen LogP contribution in [-0.4, -0.2) is 89.7 Å². The Morgan fingerprint density at radius 2 is 1.89 bits per heavy atom. The molecule has 0 saturated carbocycles. The first-order valence-electron chi connectivity index (χ1n) is 12.7. The van der Waals surface area contributed by atoms with E-state index in [-0.39, 0.29) is 23.4 Å². The molecule has 12 heteroatoms. The summed E-state index contributed by atoms with van der Waals surface area (Å²) in [5.74, 6) is 1.60. The Balaban J connectivity index is 1.27. The summed E-state index contributed by atoms with van der Waals surface area (Å²) >= 11 is 6.60. The molecule has 2 aliphatic rings. The predicted molar refractivity (Wildman–Crippen MR) is 140 cm³/mol. The molecule has 10 nitrogen and oxygen atoms in total. The van der Waals surface area contributed by atoms with Gasteiger partial charge in [0, 0.05) is 49.9 Å². The number of para-hydroxylation sites is 1. The van der Waals surface area contributed by atoms with Gasteiger partial charge < -0.3 is 13.8 Å². The number of hydrogen-bond acceptors (Lipinski definition) is 9. The van der Waals surface area contributed by atoms with Gasteiger partial charge in [-0.2, -0.15) is 4.98 Å². The molecule has 2 fully saturated rings. The summed E-state index contributed by atoms with van der Waals surface area (Å²) in [5, 5.41) is 5.84. The number of carbonyl (C=O) groups is 1. The number of fused-ring (bicyclic) bond motifs is 1. The van der Waals surface area contributed by atoms with Crippen LogP contribution in [0.5, 0.6) is 0 Å². The van der Waals surface area contributed by atoms with E-state index < -0.39 is 9.84 Å². The minimum Gasteiger partial charge on any atom is -0.465 e. The van der Waals surface area contributed by atoms with Crippen molar-refractivity contribution in [2.24, 2.45) is 5.92 Å². The van der Waals surface area contributed by atoms with Crippen molar-refractivity contribution in [3.05, 3.63) is 35.3 Å². The van der Waals surface area contributed by atoms with Crippen molar-refractivity contribution in [1.82, 2.24) is 24.5 Å². The number of hydrogen-bond donors (Lipinski definition) is 0. The minimum atomic E-state index is -2.91. The Labute approximate surface area is 221 Å². The van der Waals surface area contributed by atoms with Crippen molar-refractivity contribution in [1.29, 1.82) is 0 Å². The number of rotatable bonds is 8. The van der Waals surface area contributed by atoms with Gasteiger partial charge in [-0.15, -0.1) is 0 Å². The SMILES string of the molecule is CCOC(=O)CN1CCN(Cc2nc(-c3cn(CC4CCS(=O)(=O)CC4)c4c(Cl)cccc34)no2)CC1. The summed E-state index contributed by atoms with van der Waals surface area (Å²) in [7, 11) is -2.91. The zero-order valence-corrected chi connectivity index (χ0v) is 22.5. The average molecular weight is 550 g/mol. The lowest BCUT2D eigenvalue weighted by Gasteiger charge is -2.33. The molecular formula is C25H32ClN5O5S. The molecule has 200 valence electrons. The molecule has 2 aromatic heterocycles. The van der Waals surface area contributed by atoms with Crippen LogP contribution in [0.1, 0.15) is 25.7 Å². The van der Waals surface area contributed by atoms with Crippen molar-refractivity contribution in [2.75, 3.05) is 50.8 Å². The normalized spacial score (nSPS) is 19.4. The van der Waals surface area contributed by atoms with E-state index in [2.05, 4.69) is 24.5 Å². The second kappa shape index (κ2) is 11.1. The molecular weight excluding hydrogens is 518 g/mol. The number of sulfone groups is 1. The summed E-state index contributed by atoms with van der Waals surface area (Å²) in [6, 6.07) is 5.76. The molecule has 0 N–H and O–H groups in total. The Kier molecular flexibility index (Phi) is 7.85. The maximum atomic E-state index is 11.9. The lowest BCUT2D eigenvalue weighted by Crippen LogP contribution is -2.47. The Bertz CT molecular complexity index is 1350. The number of carbonyl (C=O) groups excluding carboxylic acids is 1. The highest BCUT2D eigenvalue weighted by Gasteiger charge is 2.26. The topological polar surface area (TPSA) is 111 Å². The zero-order valence-electron chi connectivity index (χ0n) is 20.9. The first-order valence-corrected chi connectivity index (χ1v) is 14.9. The second-order valence-electron chi connectivity index (χ2n) is 9.80. The van der Waals surface area contributed by atoms with E-state index in [0.29, 0.717) is 55.8 Å². The number of aromatic nitrogens is 3. The fourth-order valence-electron chi connectivity index (χ4n) is 5.15. The van der Waals surface area contributed by atoms with Crippen LogP contribution in [0.4, 0.5) is 0 Å². The van der Waals surface area contributed by atoms with Crippen LogP contribution in [0, 0.1) is 5.92 Å². The van der Waals surface area contributed by atoms with Gasteiger partial charge in [-0.3, -0.25) is 14.6 Å². The number of esters is 1. The molecule has 0 radical (unpaired) electrons. The molecule has 0 aliphatic carbocycles. The third-order valence-electron chi connectivity index (χ3n) is 7.17. The summed E-state index contributed by atoms with van der Waals surface area (Å²) in [6.07, 6.45) is 3.31. The Morgan fingerprint density at radius 1 is 1.16 bits per heavy atom. The highest BCUT2D eigenvalue weighted by atomic mass is 35.5. The average Bonchev–Trinajstić information content (AvgIpc) is 3.47. The maximum absolute atomic E-state index is 11.9. The van der Waals surface area contributed by atoms with Crippen LogP contribution in [0.2, 0.25) is 5.02 Å². The number of halogens is 1. The molecule has 2 saturated heterocycles. The quantitative estimate of drug-likeness (QED) is 0.391. The van der Waals surface area contributed by atoms with E-state index in [0.717, 1.165) is 42.6 Å². The summed E-state index contributed by atoms with van der Waals surface area (Å²) in [6.45, 7) is 6.89. The van der Waals surface area contributed by atoms with Crippen LogP contribution in [0.25, 0.3) is 22.3 Å². The molecule has 5 rings (SSSR count). The van der Waals surface area contributed by atoms with Gasteiger partial charge in [0.2, 0.25) is 11.7 Å². The third-order valence-corrected chi connectivity index (χ3v) is 9.19. The Morgan fingerprint density at radius 3 is 2.62 bits per heavy atom. The Hall–Kier alpha value is -2.47. The molecule has 0 bridgehead atoms. The van der Waals surface area contributed by atoms with Crippen LogP contribution in [-0.2, 0) is 32.5 Å². The van der Waals surface area contributed by atoms with Crippen LogP contribution < -0.4 is 0 Å². The van der Waals surface area contributed by atoms with Crippen molar-refractivity contribution >= 4 is 38.3 Å². The van der Waals surface area contributed by atoms with Crippen LogP contribution >= 0.6 is 11.6 Å². The van der Waals surface area contributed by atoms with Crippen molar-refractivity contribution in [3.63, 3.8) is 0 Å².